The number of rotatable bonds is 2. The Bertz CT molecular complexity index is 2290. The van der Waals surface area contributed by atoms with Gasteiger partial charge < -0.3 is 4.42 Å². The Balaban J connectivity index is 1.48. The van der Waals surface area contributed by atoms with Crippen LogP contribution in [-0.2, 0) is 0 Å². The molecule has 0 atom stereocenters. The number of nitriles is 1. The van der Waals surface area contributed by atoms with Crippen LogP contribution in [0.2, 0.25) is 0 Å². The molecule has 0 aliphatic heterocycles. The first-order valence-corrected chi connectivity index (χ1v) is 11.9. The van der Waals surface area contributed by atoms with Crippen molar-refractivity contribution in [2.45, 2.75) is 13.7 Å². The number of para-hydroxylation sites is 1. The number of hydrogen-bond donors (Lipinski definition) is 0. The van der Waals surface area contributed by atoms with E-state index in [1.165, 1.54) is 24.4 Å². The summed E-state index contributed by atoms with van der Waals surface area (Å²) < 4.78 is 55.3. The van der Waals surface area contributed by atoms with Gasteiger partial charge in [0, 0.05) is 30.8 Å². The van der Waals surface area contributed by atoms with Gasteiger partial charge in [-0.05, 0) is 93.9 Å². The second kappa shape index (κ2) is 8.05. The highest BCUT2D eigenvalue weighted by molar-refractivity contribution is 6.17. The van der Waals surface area contributed by atoms with Gasteiger partial charge in [-0.1, -0.05) is 54.6 Å². The minimum Gasteiger partial charge on any atom is -0.455 e. The standard InChI is InChI=1S/C34H22N2O/c1-20-14-22(18-35)10-13-25(20)29-16-32(36-19-21(29)2)28-9-5-8-27-31-15-24-12-11-23-6-3-4-7-26(23)30(24)17-33(31)37-34(27)28/h3-17,19H,1-2H3/i1D3,2D3. The first-order valence-electron chi connectivity index (χ1n) is 14.9. The highest BCUT2D eigenvalue weighted by Crippen LogP contribution is 2.39. The number of pyridine rings is 1. The molecule has 0 aliphatic rings. The molecule has 0 aliphatic carbocycles. The first-order chi connectivity index (χ1) is 20.5. The number of benzene rings is 5. The first kappa shape index (κ1) is 15.9. The monoisotopic (exact) mass is 480 g/mol. The summed E-state index contributed by atoms with van der Waals surface area (Å²) in [5, 5.41) is 15.6. The normalized spacial score (nSPS) is 14.6. The van der Waals surface area contributed by atoms with E-state index in [0.29, 0.717) is 22.4 Å². The van der Waals surface area contributed by atoms with Crippen LogP contribution < -0.4 is 0 Å². The van der Waals surface area contributed by atoms with Crippen LogP contribution in [0.3, 0.4) is 0 Å². The second-order valence-electron chi connectivity index (χ2n) is 9.13. The summed E-state index contributed by atoms with van der Waals surface area (Å²) in [4.78, 5) is 4.53. The smallest absolute Gasteiger partial charge is 0.144 e. The molecule has 5 aromatic carbocycles. The Morgan fingerprint density at radius 2 is 1.57 bits per heavy atom. The molecule has 2 heterocycles. The topological polar surface area (TPSA) is 49.8 Å². The molecule has 37 heavy (non-hydrogen) atoms. The van der Waals surface area contributed by atoms with Crippen molar-refractivity contribution in [2.24, 2.45) is 0 Å². The lowest BCUT2D eigenvalue weighted by Gasteiger charge is -2.12. The molecule has 3 heteroatoms. The summed E-state index contributed by atoms with van der Waals surface area (Å²) >= 11 is 0. The van der Waals surface area contributed by atoms with Gasteiger partial charge in [-0.3, -0.25) is 4.98 Å². The molecule has 0 amide bonds. The van der Waals surface area contributed by atoms with Gasteiger partial charge >= 0.3 is 0 Å². The van der Waals surface area contributed by atoms with Crippen LogP contribution in [0.1, 0.15) is 24.9 Å². The maximum Gasteiger partial charge on any atom is 0.144 e. The number of furan rings is 1. The van der Waals surface area contributed by atoms with Gasteiger partial charge in [0.15, 0.2) is 0 Å². The lowest BCUT2D eigenvalue weighted by Crippen LogP contribution is -1.92. The predicted octanol–water partition coefficient (Wildman–Crippen LogP) is 9.11. The van der Waals surface area contributed by atoms with Crippen LogP contribution in [0, 0.1) is 25.0 Å². The SMILES string of the molecule is [2H]C([2H])([2H])c1cnc(-c2cccc3c2oc2cc4c(ccc5ccccc54)cc23)cc1-c1ccc(C#N)cc1C([2H])([2H])[2H]. The van der Waals surface area contributed by atoms with E-state index in [0.717, 1.165) is 32.3 Å². The van der Waals surface area contributed by atoms with Gasteiger partial charge in [0.05, 0.1) is 17.3 Å². The molecule has 0 fully saturated rings. The maximum absolute atomic E-state index is 9.40. The van der Waals surface area contributed by atoms with E-state index in [9.17, 15) is 5.26 Å². The van der Waals surface area contributed by atoms with Crippen molar-refractivity contribution >= 4 is 43.5 Å². The van der Waals surface area contributed by atoms with Crippen LogP contribution in [0.25, 0.3) is 65.9 Å². The van der Waals surface area contributed by atoms with Crippen molar-refractivity contribution < 1.29 is 12.6 Å². The summed E-state index contributed by atoms with van der Waals surface area (Å²) in [6.07, 6.45) is 1.28. The minimum absolute atomic E-state index is 0.0821. The Labute approximate surface area is 222 Å². The number of fused-ring (bicyclic) bond motifs is 6. The fourth-order valence-electron chi connectivity index (χ4n) is 5.17. The zero-order chi connectivity index (χ0) is 30.1. The zero-order valence-corrected chi connectivity index (χ0v) is 19.5. The number of hydrogen-bond acceptors (Lipinski definition) is 3. The minimum atomic E-state index is -2.58. The highest BCUT2D eigenvalue weighted by atomic mass is 16.3. The molecule has 0 unspecified atom stereocenters. The maximum atomic E-state index is 9.40. The Kier molecular flexibility index (Phi) is 3.46. The molecule has 3 nitrogen and oxygen atoms in total. The third-order valence-corrected chi connectivity index (χ3v) is 6.98. The number of aromatic nitrogens is 1. The largest absolute Gasteiger partial charge is 0.455 e. The lowest BCUT2D eigenvalue weighted by molar-refractivity contribution is 0.670. The van der Waals surface area contributed by atoms with Gasteiger partial charge in [-0.2, -0.15) is 5.26 Å². The van der Waals surface area contributed by atoms with Crippen LogP contribution >= 0.6 is 0 Å². The summed E-state index contributed by atoms with van der Waals surface area (Å²) in [5.41, 5.74) is 2.79. The average Bonchev–Trinajstić information content (AvgIpc) is 3.36. The van der Waals surface area contributed by atoms with Crippen molar-refractivity contribution in [3.05, 3.63) is 114 Å². The molecule has 0 saturated carbocycles. The molecule has 0 radical (unpaired) electrons. The van der Waals surface area contributed by atoms with Gasteiger partial charge in [0.25, 0.3) is 0 Å². The molecule has 2 aromatic heterocycles. The zero-order valence-electron chi connectivity index (χ0n) is 25.5. The van der Waals surface area contributed by atoms with E-state index >= 15 is 0 Å². The van der Waals surface area contributed by atoms with Crippen LogP contribution in [0.5, 0.6) is 0 Å². The van der Waals surface area contributed by atoms with E-state index in [-0.39, 0.29) is 27.8 Å². The van der Waals surface area contributed by atoms with Crippen LogP contribution in [0.15, 0.2) is 102 Å². The molecule has 0 saturated heterocycles. The van der Waals surface area contributed by atoms with E-state index in [4.69, 9.17) is 12.6 Å². The molecule has 7 aromatic rings. The fraction of sp³-hybridized carbons (Fsp3) is 0.0588. The Hall–Kier alpha value is -4.94. The molecule has 7 rings (SSSR count). The van der Waals surface area contributed by atoms with E-state index < -0.39 is 13.7 Å². The van der Waals surface area contributed by atoms with Gasteiger partial charge in [-0.15, -0.1) is 0 Å². The number of nitrogens with zero attached hydrogens (tertiary/aromatic N) is 2. The summed E-state index contributed by atoms with van der Waals surface area (Å²) in [6.45, 7) is -5.14. The van der Waals surface area contributed by atoms with Crippen molar-refractivity contribution in [3.63, 3.8) is 0 Å². The molecule has 174 valence electrons. The second-order valence-corrected chi connectivity index (χ2v) is 9.13. The van der Waals surface area contributed by atoms with E-state index in [1.807, 2.05) is 42.5 Å². The molecular formula is C34H22N2O. The quantitative estimate of drug-likeness (QED) is 0.232. The molecule has 0 spiro atoms. The van der Waals surface area contributed by atoms with Crippen molar-refractivity contribution in [1.82, 2.24) is 4.98 Å². The summed E-state index contributed by atoms with van der Waals surface area (Å²) in [7, 11) is 0. The molecule has 0 bridgehead atoms. The van der Waals surface area contributed by atoms with E-state index in [2.05, 4.69) is 35.3 Å². The van der Waals surface area contributed by atoms with Gasteiger partial charge in [0.1, 0.15) is 11.2 Å². The molecular weight excluding hydrogens is 452 g/mol. The Morgan fingerprint density at radius 1 is 0.703 bits per heavy atom. The lowest BCUT2D eigenvalue weighted by atomic mass is 9.94. The predicted molar refractivity (Wildman–Crippen MR) is 152 cm³/mol. The summed E-state index contributed by atoms with van der Waals surface area (Å²) in [5.74, 6) is 0. The van der Waals surface area contributed by atoms with Gasteiger partial charge in [-0.25, -0.2) is 0 Å². The average molecular weight is 481 g/mol. The van der Waals surface area contributed by atoms with Crippen molar-refractivity contribution in [2.75, 3.05) is 0 Å². The van der Waals surface area contributed by atoms with Crippen molar-refractivity contribution in [1.29, 1.82) is 5.26 Å². The number of aryl methyl sites for hydroxylation is 2. The van der Waals surface area contributed by atoms with Gasteiger partial charge in [0.2, 0.25) is 0 Å². The highest BCUT2D eigenvalue weighted by Gasteiger charge is 2.16. The summed E-state index contributed by atoms with van der Waals surface area (Å²) in [6, 6.07) is 30.1. The fourth-order valence-corrected chi connectivity index (χ4v) is 5.17. The van der Waals surface area contributed by atoms with Crippen LogP contribution in [0.4, 0.5) is 0 Å². The molecule has 0 N–H and O–H groups in total. The van der Waals surface area contributed by atoms with Crippen LogP contribution in [-0.4, -0.2) is 4.98 Å². The van der Waals surface area contributed by atoms with Crippen molar-refractivity contribution in [3.8, 4) is 28.5 Å². The van der Waals surface area contributed by atoms with E-state index in [1.54, 1.807) is 6.07 Å². The third kappa shape index (κ3) is 3.31. The Morgan fingerprint density at radius 3 is 2.46 bits per heavy atom. The third-order valence-electron chi connectivity index (χ3n) is 6.98.